The van der Waals surface area contributed by atoms with Crippen LogP contribution in [0.2, 0.25) is 5.15 Å². The fourth-order valence-electron chi connectivity index (χ4n) is 4.72. The minimum Gasteiger partial charge on any atom is -0.444 e. The number of anilines is 1. The first-order chi connectivity index (χ1) is 17.8. The lowest BCUT2D eigenvalue weighted by Crippen LogP contribution is -2.52. The van der Waals surface area contributed by atoms with Crippen LogP contribution in [0.5, 0.6) is 0 Å². The Labute approximate surface area is 229 Å². The van der Waals surface area contributed by atoms with Crippen molar-refractivity contribution in [2.24, 2.45) is 5.92 Å². The molecule has 0 radical (unpaired) electrons. The number of carbonyl (C=O) groups excluding carboxylic acids is 2. The van der Waals surface area contributed by atoms with Gasteiger partial charge in [0.15, 0.2) is 0 Å². The van der Waals surface area contributed by atoms with Crippen molar-refractivity contribution in [2.75, 3.05) is 31.1 Å². The molecule has 0 spiro atoms. The zero-order valence-corrected chi connectivity index (χ0v) is 23.9. The second-order valence-corrected chi connectivity index (χ2v) is 12.5. The van der Waals surface area contributed by atoms with Gasteiger partial charge in [-0.05, 0) is 60.5 Å². The molecule has 2 amide bonds. The standard InChI is InChI=1S/C27H39ClN6O4/c1-26(2,3)37-24(35)31-20-8-7-9-32(17-20)22-10-23(28)29-12-21(22)19-11-30-34(16-19)15-18-13-33(14-18)25(36)38-27(4,5)6/h10-12,16,18,20H,7-9,13-15,17H2,1-6H3,(H,31,35)/t20-/m0/s1. The van der Waals surface area contributed by atoms with Crippen LogP contribution < -0.4 is 10.2 Å². The van der Waals surface area contributed by atoms with Gasteiger partial charge in [-0.3, -0.25) is 4.68 Å². The summed E-state index contributed by atoms with van der Waals surface area (Å²) in [5.41, 5.74) is 1.79. The van der Waals surface area contributed by atoms with E-state index in [0.717, 1.165) is 36.2 Å². The van der Waals surface area contributed by atoms with E-state index in [2.05, 4.69) is 20.3 Å². The van der Waals surface area contributed by atoms with Crippen molar-refractivity contribution in [3.8, 4) is 11.1 Å². The molecule has 2 saturated heterocycles. The number of nitrogens with zero attached hydrogens (tertiary/aromatic N) is 5. The third-order valence-electron chi connectivity index (χ3n) is 6.33. The molecule has 2 aromatic heterocycles. The summed E-state index contributed by atoms with van der Waals surface area (Å²) in [6, 6.07) is 1.84. The minimum absolute atomic E-state index is 0.0346. The Bertz CT molecular complexity index is 1150. The fourth-order valence-corrected chi connectivity index (χ4v) is 4.87. The van der Waals surface area contributed by atoms with Gasteiger partial charge in [-0.15, -0.1) is 0 Å². The molecule has 10 nitrogen and oxygen atoms in total. The van der Waals surface area contributed by atoms with Gasteiger partial charge in [0, 0.05) is 73.9 Å². The minimum atomic E-state index is -0.544. The van der Waals surface area contributed by atoms with Gasteiger partial charge < -0.3 is 24.6 Å². The van der Waals surface area contributed by atoms with E-state index in [1.807, 2.05) is 64.7 Å². The van der Waals surface area contributed by atoms with E-state index >= 15 is 0 Å². The lowest BCUT2D eigenvalue weighted by atomic mass is 10.0. The summed E-state index contributed by atoms with van der Waals surface area (Å²) in [5, 5.41) is 7.99. The van der Waals surface area contributed by atoms with Crippen LogP contribution in [0.15, 0.2) is 24.7 Å². The van der Waals surface area contributed by atoms with Gasteiger partial charge >= 0.3 is 12.2 Å². The molecule has 208 valence electrons. The molecule has 0 aliphatic carbocycles. The topological polar surface area (TPSA) is 102 Å². The monoisotopic (exact) mass is 546 g/mol. The van der Waals surface area contributed by atoms with Crippen molar-refractivity contribution in [3.63, 3.8) is 0 Å². The van der Waals surface area contributed by atoms with E-state index in [4.69, 9.17) is 21.1 Å². The number of rotatable bonds is 5. The van der Waals surface area contributed by atoms with Crippen molar-refractivity contribution in [1.29, 1.82) is 0 Å². The zero-order valence-electron chi connectivity index (χ0n) is 23.2. The van der Waals surface area contributed by atoms with Crippen LogP contribution in [0.1, 0.15) is 54.4 Å². The van der Waals surface area contributed by atoms with Crippen LogP contribution in [0.25, 0.3) is 11.1 Å². The number of carbonyl (C=O) groups is 2. The van der Waals surface area contributed by atoms with E-state index in [1.54, 1.807) is 11.1 Å². The fraction of sp³-hybridized carbons (Fsp3) is 0.630. The summed E-state index contributed by atoms with van der Waals surface area (Å²) >= 11 is 6.31. The number of pyridine rings is 1. The number of aromatic nitrogens is 3. The van der Waals surface area contributed by atoms with Crippen LogP contribution in [0, 0.1) is 5.92 Å². The third kappa shape index (κ3) is 7.52. The maximum atomic E-state index is 12.3. The lowest BCUT2D eigenvalue weighted by Gasteiger charge is -2.39. The number of nitrogens with one attached hydrogen (secondary N) is 1. The van der Waals surface area contributed by atoms with Gasteiger partial charge in [-0.1, -0.05) is 11.6 Å². The lowest BCUT2D eigenvalue weighted by molar-refractivity contribution is -0.00385. The van der Waals surface area contributed by atoms with Gasteiger partial charge in [-0.25, -0.2) is 14.6 Å². The normalized spacial score (nSPS) is 18.7. The zero-order chi connectivity index (χ0) is 27.7. The molecular formula is C27H39ClN6O4. The van der Waals surface area contributed by atoms with E-state index in [-0.39, 0.29) is 12.1 Å². The highest BCUT2D eigenvalue weighted by atomic mass is 35.5. The van der Waals surface area contributed by atoms with Crippen LogP contribution >= 0.6 is 11.6 Å². The first kappa shape index (κ1) is 28.0. The van der Waals surface area contributed by atoms with Gasteiger partial charge in [0.25, 0.3) is 0 Å². The smallest absolute Gasteiger partial charge is 0.410 e. The SMILES string of the molecule is CC(C)(C)OC(=O)N[C@H]1CCCN(c2cc(Cl)ncc2-c2cnn(CC3CN(C(=O)OC(C)(C)C)C3)c2)C1. The Kier molecular flexibility index (Phi) is 8.11. The average molecular weight is 547 g/mol. The summed E-state index contributed by atoms with van der Waals surface area (Å²) in [6.45, 7) is 14.7. The number of piperidine rings is 1. The second-order valence-electron chi connectivity index (χ2n) is 12.2. The van der Waals surface area contributed by atoms with Crippen LogP contribution in [-0.2, 0) is 16.0 Å². The molecule has 0 unspecified atom stereocenters. The van der Waals surface area contributed by atoms with Gasteiger partial charge in [0.1, 0.15) is 16.4 Å². The molecule has 4 heterocycles. The number of alkyl carbamates (subject to hydrolysis) is 1. The first-order valence-corrected chi connectivity index (χ1v) is 13.5. The van der Waals surface area contributed by atoms with Crippen LogP contribution in [0.4, 0.5) is 15.3 Å². The van der Waals surface area contributed by atoms with Crippen LogP contribution in [-0.4, -0.2) is 75.3 Å². The highest BCUT2D eigenvalue weighted by Gasteiger charge is 2.34. The predicted molar refractivity (Wildman–Crippen MR) is 146 cm³/mol. The Hall–Kier alpha value is -3.01. The molecule has 11 heteroatoms. The second kappa shape index (κ2) is 11.0. The summed E-state index contributed by atoms with van der Waals surface area (Å²) in [7, 11) is 0. The first-order valence-electron chi connectivity index (χ1n) is 13.2. The Morgan fingerprint density at radius 3 is 2.47 bits per heavy atom. The van der Waals surface area contributed by atoms with Crippen molar-refractivity contribution in [3.05, 3.63) is 29.8 Å². The number of ether oxygens (including phenoxy) is 2. The highest BCUT2D eigenvalue weighted by Crippen LogP contribution is 2.34. The molecule has 38 heavy (non-hydrogen) atoms. The van der Waals surface area contributed by atoms with Crippen molar-refractivity contribution in [2.45, 2.75) is 78.2 Å². The summed E-state index contributed by atoms with van der Waals surface area (Å²) in [6.07, 6.45) is 6.74. The molecule has 0 aromatic carbocycles. The maximum absolute atomic E-state index is 12.3. The van der Waals surface area contributed by atoms with Gasteiger partial charge in [0.2, 0.25) is 0 Å². The Morgan fingerprint density at radius 2 is 1.79 bits per heavy atom. The third-order valence-corrected chi connectivity index (χ3v) is 6.54. The number of amides is 2. The molecular weight excluding hydrogens is 508 g/mol. The highest BCUT2D eigenvalue weighted by molar-refractivity contribution is 6.29. The number of hydrogen-bond donors (Lipinski definition) is 1. The number of likely N-dealkylation sites (tertiary alicyclic amines) is 1. The molecule has 4 rings (SSSR count). The summed E-state index contributed by atoms with van der Waals surface area (Å²) in [5.74, 6) is 0.319. The molecule has 0 saturated carbocycles. The Morgan fingerprint density at radius 1 is 1.08 bits per heavy atom. The van der Waals surface area contributed by atoms with Crippen molar-refractivity contribution >= 4 is 29.5 Å². The predicted octanol–water partition coefficient (Wildman–Crippen LogP) is 4.96. The van der Waals surface area contributed by atoms with Gasteiger partial charge in [0.05, 0.1) is 6.20 Å². The van der Waals surface area contributed by atoms with E-state index in [0.29, 0.717) is 37.3 Å². The molecule has 2 aliphatic heterocycles. The maximum Gasteiger partial charge on any atom is 0.410 e. The number of hydrogen-bond acceptors (Lipinski definition) is 7. The molecule has 2 aromatic rings. The quantitative estimate of drug-likeness (QED) is 0.529. The molecule has 2 fully saturated rings. The van der Waals surface area contributed by atoms with Gasteiger partial charge in [-0.2, -0.15) is 5.10 Å². The van der Waals surface area contributed by atoms with Crippen molar-refractivity contribution in [1.82, 2.24) is 25.0 Å². The largest absolute Gasteiger partial charge is 0.444 e. The average Bonchev–Trinajstić information content (AvgIpc) is 3.22. The van der Waals surface area contributed by atoms with E-state index in [9.17, 15) is 9.59 Å². The summed E-state index contributed by atoms with van der Waals surface area (Å²) in [4.78, 5) is 32.8. The van der Waals surface area contributed by atoms with E-state index < -0.39 is 17.3 Å². The Balaban J connectivity index is 1.40. The van der Waals surface area contributed by atoms with E-state index in [1.165, 1.54) is 0 Å². The molecule has 2 aliphatic rings. The van der Waals surface area contributed by atoms with Crippen LogP contribution in [0.3, 0.4) is 0 Å². The molecule has 1 N–H and O–H groups in total. The number of halogens is 1. The van der Waals surface area contributed by atoms with Crippen molar-refractivity contribution < 1.29 is 19.1 Å². The molecule has 1 atom stereocenters. The summed E-state index contributed by atoms with van der Waals surface area (Å²) < 4.78 is 12.8. The molecule has 0 bridgehead atoms.